The summed E-state index contributed by atoms with van der Waals surface area (Å²) in [5.74, 6) is -0.429. The first-order valence-electron chi connectivity index (χ1n) is 9.87. The summed E-state index contributed by atoms with van der Waals surface area (Å²) in [4.78, 5) is 25.6. The molecule has 1 amide bonds. The van der Waals surface area contributed by atoms with E-state index in [1.807, 2.05) is 0 Å². The zero-order chi connectivity index (χ0) is 20.4. The van der Waals surface area contributed by atoms with E-state index in [0.29, 0.717) is 25.8 Å². The van der Waals surface area contributed by atoms with Gasteiger partial charge in [0.1, 0.15) is 0 Å². The summed E-state index contributed by atoms with van der Waals surface area (Å²) in [6.45, 7) is 4.08. The van der Waals surface area contributed by atoms with Gasteiger partial charge in [-0.15, -0.1) is 0 Å². The number of carbonyl (C=O) groups is 2. The topological polar surface area (TPSA) is 92.8 Å². The van der Waals surface area contributed by atoms with Crippen molar-refractivity contribution in [3.8, 4) is 0 Å². The van der Waals surface area contributed by atoms with E-state index in [-0.39, 0.29) is 29.8 Å². The van der Waals surface area contributed by atoms with Gasteiger partial charge in [0.2, 0.25) is 15.9 Å². The molecule has 0 spiro atoms. The maximum absolute atomic E-state index is 13.1. The molecule has 1 aromatic carbocycles. The number of ether oxygens (including phenoxy) is 1. The van der Waals surface area contributed by atoms with Gasteiger partial charge in [-0.25, -0.2) is 13.1 Å². The molecule has 28 heavy (non-hydrogen) atoms. The Hall–Kier alpha value is -1.93. The predicted octanol–water partition coefficient (Wildman–Crippen LogP) is 2.53. The molecule has 0 atom stereocenters. The highest BCUT2D eigenvalue weighted by molar-refractivity contribution is 7.89. The number of benzene rings is 1. The summed E-state index contributed by atoms with van der Waals surface area (Å²) < 4.78 is 34.1. The third-order valence-electron chi connectivity index (χ3n) is 5.59. The third kappa shape index (κ3) is 4.38. The number of esters is 1. The van der Waals surface area contributed by atoms with Crippen LogP contribution < -0.4 is 9.62 Å². The first kappa shape index (κ1) is 20.8. The van der Waals surface area contributed by atoms with E-state index in [0.717, 1.165) is 30.5 Å². The van der Waals surface area contributed by atoms with Crippen LogP contribution in [0.3, 0.4) is 0 Å². The number of carbonyl (C=O) groups excluding carboxylic acids is 2. The van der Waals surface area contributed by atoms with Gasteiger partial charge in [-0.3, -0.25) is 9.59 Å². The van der Waals surface area contributed by atoms with E-state index in [1.54, 1.807) is 24.0 Å². The van der Waals surface area contributed by atoms with Gasteiger partial charge in [0.05, 0.1) is 17.9 Å². The first-order chi connectivity index (χ1) is 13.3. The predicted molar refractivity (Wildman–Crippen MR) is 106 cm³/mol. The number of hydrogen-bond donors (Lipinski definition) is 1. The van der Waals surface area contributed by atoms with Crippen LogP contribution in [0.5, 0.6) is 0 Å². The average Bonchev–Trinajstić information content (AvgIpc) is 3.05. The summed E-state index contributed by atoms with van der Waals surface area (Å²) in [5, 5.41) is 0. The van der Waals surface area contributed by atoms with Gasteiger partial charge >= 0.3 is 5.97 Å². The Morgan fingerprint density at radius 3 is 2.57 bits per heavy atom. The van der Waals surface area contributed by atoms with E-state index < -0.39 is 15.6 Å². The van der Waals surface area contributed by atoms with E-state index in [4.69, 9.17) is 4.74 Å². The van der Waals surface area contributed by atoms with Crippen molar-refractivity contribution in [2.75, 3.05) is 18.1 Å². The fourth-order valence-electron chi connectivity index (χ4n) is 4.25. The van der Waals surface area contributed by atoms with E-state index in [2.05, 4.69) is 4.72 Å². The van der Waals surface area contributed by atoms with Gasteiger partial charge < -0.3 is 9.64 Å². The summed E-state index contributed by atoms with van der Waals surface area (Å²) in [6, 6.07) is 4.86. The Bertz CT molecular complexity index is 859. The molecule has 1 N–H and O–H groups in total. The molecule has 154 valence electrons. The molecule has 3 rings (SSSR count). The van der Waals surface area contributed by atoms with Crippen LogP contribution in [0.15, 0.2) is 23.1 Å². The molecule has 1 aromatic rings. The summed E-state index contributed by atoms with van der Waals surface area (Å²) in [5.41, 5.74) is 0.819. The number of rotatable bonds is 6. The zero-order valence-electron chi connectivity index (χ0n) is 16.5. The molecule has 2 aliphatic rings. The fraction of sp³-hybridized carbons (Fsp3) is 0.600. The minimum Gasteiger partial charge on any atom is -0.466 e. The van der Waals surface area contributed by atoms with Crippen LogP contribution in [0.2, 0.25) is 0 Å². The second kappa shape index (κ2) is 8.21. The molecule has 1 aliphatic heterocycles. The molecule has 8 heteroatoms. The lowest BCUT2D eigenvalue weighted by Crippen LogP contribution is -2.51. The Kier molecular flexibility index (Phi) is 6.09. The molecule has 1 saturated carbocycles. The Morgan fingerprint density at radius 2 is 1.93 bits per heavy atom. The van der Waals surface area contributed by atoms with Crippen molar-refractivity contribution in [2.24, 2.45) is 0 Å². The molecule has 0 aromatic heterocycles. The minimum atomic E-state index is -3.80. The van der Waals surface area contributed by atoms with Gasteiger partial charge in [0.25, 0.3) is 0 Å². The average molecular weight is 409 g/mol. The number of fused-ring (bicyclic) bond motifs is 1. The lowest BCUT2D eigenvalue weighted by molar-refractivity contribution is -0.145. The summed E-state index contributed by atoms with van der Waals surface area (Å²) >= 11 is 0. The Balaban J connectivity index is 1.85. The largest absolute Gasteiger partial charge is 0.466 e. The molecule has 0 bridgehead atoms. The lowest BCUT2D eigenvalue weighted by Gasteiger charge is -2.37. The van der Waals surface area contributed by atoms with Gasteiger partial charge in [-0.1, -0.05) is 19.3 Å². The molecule has 1 heterocycles. The first-order valence-corrected chi connectivity index (χ1v) is 11.4. The maximum Gasteiger partial charge on any atom is 0.307 e. The van der Waals surface area contributed by atoms with Crippen molar-refractivity contribution in [1.82, 2.24) is 4.72 Å². The highest BCUT2D eigenvalue weighted by atomic mass is 32.2. The lowest BCUT2D eigenvalue weighted by atomic mass is 9.80. The van der Waals surface area contributed by atoms with E-state index in [9.17, 15) is 18.0 Å². The van der Waals surface area contributed by atoms with Crippen molar-refractivity contribution in [1.29, 1.82) is 0 Å². The van der Waals surface area contributed by atoms with Gasteiger partial charge in [0.15, 0.2) is 0 Å². The van der Waals surface area contributed by atoms with E-state index >= 15 is 0 Å². The van der Waals surface area contributed by atoms with Crippen molar-refractivity contribution < 1.29 is 22.7 Å². The number of nitrogens with one attached hydrogen (secondary N) is 1. The molecule has 0 saturated heterocycles. The van der Waals surface area contributed by atoms with Crippen LogP contribution >= 0.6 is 0 Å². The van der Waals surface area contributed by atoms with Crippen LogP contribution in [0, 0.1) is 0 Å². The van der Waals surface area contributed by atoms with Crippen LogP contribution in [-0.2, 0) is 30.8 Å². The maximum atomic E-state index is 13.1. The van der Waals surface area contributed by atoms with Crippen molar-refractivity contribution in [3.63, 3.8) is 0 Å². The molecule has 7 nitrogen and oxygen atoms in total. The number of nitrogens with zero attached hydrogens (tertiary/aromatic N) is 1. The van der Waals surface area contributed by atoms with Crippen LogP contribution in [0.4, 0.5) is 5.69 Å². The normalized spacial score (nSPS) is 18.6. The highest BCUT2D eigenvalue weighted by Crippen LogP contribution is 2.35. The zero-order valence-corrected chi connectivity index (χ0v) is 17.3. The van der Waals surface area contributed by atoms with Crippen molar-refractivity contribution in [3.05, 3.63) is 23.8 Å². The smallest absolute Gasteiger partial charge is 0.307 e. The quantitative estimate of drug-likeness (QED) is 0.730. The van der Waals surface area contributed by atoms with Crippen molar-refractivity contribution in [2.45, 2.75) is 69.2 Å². The van der Waals surface area contributed by atoms with Gasteiger partial charge in [0, 0.05) is 24.7 Å². The van der Waals surface area contributed by atoms with Gasteiger partial charge in [-0.2, -0.15) is 0 Å². The van der Waals surface area contributed by atoms with Gasteiger partial charge in [-0.05, 0) is 49.9 Å². The number of sulfonamides is 1. The number of anilines is 1. The second-order valence-corrected chi connectivity index (χ2v) is 9.32. The summed E-state index contributed by atoms with van der Waals surface area (Å²) in [7, 11) is -3.80. The SMILES string of the molecule is CCOC(=O)CC1(NS(=O)(=O)c2ccc3c(c2)CCN3C(C)=O)CCCCC1. The standard InChI is InChI=1S/C20H28N2O5S/c1-3-27-19(24)14-20(10-5-4-6-11-20)21-28(25,26)17-7-8-18-16(13-17)9-12-22(18)15(2)23/h7-8,13,21H,3-6,9-12,14H2,1-2H3. The highest BCUT2D eigenvalue weighted by Gasteiger charge is 2.39. The Labute approximate surface area is 166 Å². The fourth-order valence-corrected chi connectivity index (χ4v) is 5.76. The minimum absolute atomic E-state index is 0.0448. The monoisotopic (exact) mass is 408 g/mol. The number of hydrogen-bond acceptors (Lipinski definition) is 5. The van der Waals surface area contributed by atoms with Crippen LogP contribution in [0.1, 0.15) is 57.9 Å². The summed E-state index contributed by atoms with van der Waals surface area (Å²) in [6.07, 6.45) is 4.70. The number of amides is 1. The molecular weight excluding hydrogens is 380 g/mol. The van der Waals surface area contributed by atoms with Crippen molar-refractivity contribution >= 4 is 27.6 Å². The molecule has 0 radical (unpaired) electrons. The van der Waals surface area contributed by atoms with E-state index in [1.165, 1.54) is 13.0 Å². The second-order valence-electron chi connectivity index (χ2n) is 7.64. The molecule has 0 unspecified atom stereocenters. The third-order valence-corrected chi connectivity index (χ3v) is 7.16. The van der Waals surface area contributed by atoms with Crippen LogP contribution in [-0.4, -0.2) is 39.0 Å². The molecule has 1 aliphatic carbocycles. The molecular formula is C20H28N2O5S. The Morgan fingerprint density at radius 1 is 1.21 bits per heavy atom. The van der Waals surface area contributed by atoms with Crippen LogP contribution in [0.25, 0.3) is 0 Å². The molecule has 1 fully saturated rings.